The smallest absolute Gasteiger partial charge is 0.177 e. The fourth-order valence-corrected chi connectivity index (χ4v) is 2.32. The maximum absolute atomic E-state index is 9.21. The fraction of sp³-hybridized carbons (Fsp3) is 0.312. The van der Waals surface area contributed by atoms with E-state index >= 15 is 0 Å². The third-order valence-electron chi connectivity index (χ3n) is 3.47. The zero-order chi connectivity index (χ0) is 14.8. The van der Waals surface area contributed by atoms with Crippen molar-refractivity contribution >= 4 is 0 Å². The Morgan fingerprint density at radius 1 is 1.19 bits per heavy atom. The summed E-state index contributed by atoms with van der Waals surface area (Å²) in [6, 6.07) is 9.13. The van der Waals surface area contributed by atoms with Crippen molar-refractivity contribution in [1.82, 2.24) is 4.98 Å². The van der Waals surface area contributed by atoms with Gasteiger partial charge in [0.2, 0.25) is 0 Å². The van der Waals surface area contributed by atoms with Crippen LogP contribution in [-0.4, -0.2) is 23.3 Å². The molecular formula is C16H17NO4. The molecule has 1 aliphatic heterocycles. The van der Waals surface area contributed by atoms with E-state index < -0.39 is 0 Å². The highest BCUT2D eigenvalue weighted by Gasteiger charge is 2.30. The summed E-state index contributed by atoms with van der Waals surface area (Å²) in [5.41, 5.74) is 1.57. The van der Waals surface area contributed by atoms with E-state index in [2.05, 4.69) is 4.98 Å². The third kappa shape index (κ3) is 2.64. The van der Waals surface area contributed by atoms with Crippen LogP contribution in [0.15, 0.2) is 36.5 Å². The third-order valence-corrected chi connectivity index (χ3v) is 3.47. The molecule has 0 saturated carbocycles. The number of hydrogen-bond donors (Lipinski definition) is 1. The first kappa shape index (κ1) is 13.7. The van der Waals surface area contributed by atoms with Crippen LogP contribution in [0.4, 0.5) is 0 Å². The molecule has 1 N–H and O–H groups in total. The maximum Gasteiger partial charge on any atom is 0.177 e. The number of rotatable bonds is 3. The average Bonchev–Trinajstić information content (AvgIpc) is 2.54. The van der Waals surface area contributed by atoms with Crippen LogP contribution in [0.3, 0.4) is 0 Å². The van der Waals surface area contributed by atoms with Crippen LogP contribution < -0.4 is 14.2 Å². The molecule has 5 nitrogen and oxygen atoms in total. The molecular weight excluding hydrogens is 270 g/mol. The number of aliphatic hydroxyl groups excluding tert-OH is 1. The van der Waals surface area contributed by atoms with Gasteiger partial charge in [0.15, 0.2) is 17.6 Å². The number of fused-ring (bicyclic) bond motifs is 1. The highest BCUT2D eigenvalue weighted by molar-refractivity contribution is 5.44. The number of methoxy groups -OCH3 is 1. The number of hydrogen-bond acceptors (Lipinski definition) is 5. The molecule has 3 rings (SSSR count). The summed E-state index contributed by atoms with van der Waals surface area (Å²) in [5.74, 6) is 2.01. The highest BCUT2D eigenvalue weighted by atomic mass is 16.6. The van der Waals surface area contributed by atoms with Gasteiger partial charge in [0.25, 0.3) is 0 Å². The van der Waals surface area contributed by atoms with Crippen molar-refractivity contribution in [3.05, 3.63) is 47.8 Å². The van der Waals surface area contributed by atoms with Gasteiger partial charge in [-0.2, -0.15) is 0 Å². The van der Waals surface area contributed by atoms with Crippen molar-refractivity contribution < 1.29 is 19.3 Å². The molecule has 1 aromatic heterocycles. The van der Waals surface area contributed by atoms with E-state index in [-0.39, 0.29) is 18.8 Å². The van der Waals surface area contributed by atoms with Gasteiger partial charge in [-0.3, -0.25) is 4.98 Å². The molecule has 5 heteroatoms. The molecule has 1 aliphatic rings. The molecule has 2 unspecified atom stereocenters. The Morgan fingerprint density at radius 2 is 2.05 bits per heavy atom. The van der Waals surface area contributed by atoms with Crippen molar-refractivity contribution in [2.75, 3.05) is 7.11 Å². The molecule has 2 heterocycles. The first-order valence-electron chi connectivity index (χ1n) is 6.78. The van der Waals surface area contributed by atoms with Gasteiger partial charge in [-0.1, -0.05) is 6.07 Å². The van der Waals surface area contributed by atoms with E-state index in [0.717, 1.165) is 11.3 Å². The molecule has 0 spiro atoms. The normalized spacial score (nSPS) is 20.1. The van der Waals surface area contributed by atoms with E-state index in [1.807, 2.05) is 31.2 Å². The molecule has 0 saturated heterocycles. The van der Waals surface area contributed by atoms with E-state index in [0.29, 0.717) is 17.2 Å². The van der Waals surface area contributed by atoms with Crippen molar-refractivity contribution in [1.29, 1.82) is 0 Å². The van der Waals surface area contributed by atoms with E-state index in [1.54, 1.807) is 19.4 Å². The van der Waals surface area contributed by atoms with Gasteiger partial charge in [0, 0.05) is 0 Å². The zero-order valence-electron chi connectivity index (χ0n) is 11.9. The number of aliphatic hydroxyl groups is 1. The Hall–Kier alpha value is -2.27. The number of pyridine rings is 1. The molecule has 0 fully saturated rings. The van der Waals surface area contributed by atoms with E-state index in [4.69, 9.17) is 14.2 Å². The largest absolute Gasteiger partial charge is 0.495 e. The van der Waals surface area contributed by atoms with Gasteiger partial charge < -0.3 is 19.3 Å². The second-order valence-electron chi connectivity index (χ2n) is 4.92. The van der Waals surface area contributed by atoms with Gasteiger partial charge in [-0.05, 0) is 36.8 Å². The SMILES string of the molecule is COc1ccc(C2Oc3cc(CO)ccc3OC2C)nc1. The summed E-state index contributed by atoms with van der Waals surface area (Å²) in [4.78, 5) is 4.36. The van der Waals surface area contributed by atoms with Crippen LogP contribution in [0.2, 0.25) is 0 Å². The molecule has 2 aromatic rings. The minimum atomic E-state index is -0.294. The van der Waals surface area contributed by atoms with Crippen molar-refractivity contribution in [2.24, 2.45) is 0 Å². The Kier molecular flexibility index (Phi) is 3.66. The lowest BCUT2D eigenvalue weighted by Gasteiger charge is -2.32. The van der Waals surface area contributed by atoms with Gasteiger partial charge in [-0.15, -0.1) is 0 Å². The van der Waals surface area contributed by atoms with Gasteiger partial charge >= 0.3 is 0 Å². The average molecular weight is 287 g/mol. The second-order valence-corrected chi connectivity index (χ2v) is 4.92. The summed E-state index contributed by atoms with van der Waals surface area (Å²) in [5, 5.41) is 9.21. The second kappa shape index (κ2) is 5.61. The minimum absolute atomic E-state index is 0.0301. The Labute approximate surface area is 123 Å². The van der Waals surface area contributed by atoms with Crippen LogP contribution in [0.5, 0.6) is 17.2 Å². The molecule has 110 valence electrons. The van der Waals surface area contributed by atoms with Gasteiger partial charge in [0.1, 0.15) is 11.9 Å². The molecule has 1 aromatic carbocycles. The van der Waals surface area contributed by atoms with Crippen LogP contribution in [0.25, 0.3) is 0 Å². The fourth-order valence-electron chi connectivity index (χ4n) is 2.32. The lowest BCUT2D eigenvalue weighted by molar-refractivity contribution is 0.0279. The minimum Gasteiger partial charge on any atom is -0.495 e. The van der Waals surface area contributed by atoms with E-state index in [1.165, 1.54) is 0 Å². The predicted octanol–water partition coefficient (Wildman–Crippen LogP) is 2.48. The predicted molar refractivity (Wildman–Crippen MR) is 76.6 cm³/mol. The van der Waals surface area contributed by atoms with Crippen LogP contribution in [-0.2, 0) is 6.61 Å². The topological polar surface area (TPSA) is 60.8 Å². The summed E-state index contributed by atoms with van der Waals surface area (Å²) < 4.78 is 17.0. The monoisotopic (exact) mass is 287 g/mol. The first-order chi connectivity index (χ1) is 10.2. The quantitative estimate of drug-likeness (QED) is 0.939. The zero-order valence-corrected chi connectivity index (χ0v) is 11.9. The summed E-state index contributed by atoms with van der Waals surface area (Å²) in [6.45, 7) is 1.91. The first-order valence-corrected chi connectivity index (χ1v) is 6.78. The molecule has 0 radical (unpaired) electrons. The number of aromatic nitrogens is 1. The van der Waals surface area contributed by atoms with Gasteiger partial charge in [-0.25, -0.2) is 0 Å². The molecule has 0 bridgehead atoms. The maximum atomic E-state index is 9.21. The molecule has 0 amide bonds. The van der Waals surface area contributed by atoms with Crippen molar-refractivity contribution in [3.63, 3.8) is 0 Å². The number of nitrogens with zero attached hydrogens (tertiary/aromatic N) is 1. The summed E-state index contributed by atoms with van der Waals surface area (Å²) in [7, 11) is 1.60. The number of ether oxygens (including phenoxy) is 3. The summed E-state index contributed by atoms with van der Waals surface area (Å²) in [6.07, 6.45) is 1.21. The number of benzene rings is 1. The summed E-state index contributed by atoms with van der Waals surface area (Å²) >= 11 is 0. The van der Waals surface area contributed by atoms with Crippen molar-refractivity contribution in [3.8, 4) is 17.2 Å². The van der Waals surface area contributed by atoms with Crippen LogP contribution >= 0.6 is 0 Å². The standard InChI is InChI=1S/C16H17NO4/c1-10-16(13-5-4-12(19-2)8-17-13)21-15-7-11(9-18)3-6-14(15)20-10/h3-8,10,16,18H,9H2,1-2H3. The van der Waals surface area contributed by atoms with Gasteiger partial charge in [0.05, 0.1) is 25.6 Å². The highest BCUT2D eigenvalue weighted by Crippen LogP contribution is 2.39. The molecule has 21 heavy (non-hydrogen) atoms. The Morgan fingerprint density at radius 3 is 2.71 bits per heavy atom. The van der Waals surface area contributed by atoms with Crippen molar-refractivity contribution in [2.45, 2.75) is 25.7 Å². The van der Waals surface area contributed by atoms with Crippen LogP contribution in [0, 0.1) is 0 Å². The lowest BCUT2D eigenvalue weighted by atomic mass is 10.1. The van der Waals surface area contributed by atoms with E-state index in [9.17, 15) is 5.11 Å². The molecule has 0 aliphatic carbocycles. The Bertz CT molecular complexity index is 627. The Balaban J connectivity index is 1.89. The molecule has 2 atom stereocenters. The lowest BCUT2D eigenvalue weighted by Crippen LogP contribution is -2.31. The van der Waals surface area contributed by atoms with Crippen LogP contribution in [0.1, 0.15) is 24.3 Å².